The zero-order valence-corrected chi connectivity index (χ0v) is 13.9. The summed E-state index contributed by atoms with van der Waals surface area (Å²) >= 11 is 11.7. The number of rotatable bonds is 2. The standard InChI is InChI=1S/C15H14BrClOS/c1-15(2)8-18-11-4-3-9(7-10(11)15)14(17)12-5-6-13(16)19-12/h3-7,14H,8H2,1-2H3. The minimum Gasteiger partial charge on any atom is -0.492 e. The van der Waals surface area contributed by atoms with Gasteiger partial charge in [0.15, 0.2) is 0 Å². The first-order chi connectivity index (χ1) is 8.97. The van der Waals surface area contributed by atoms with Crippen LogP contribution in [0, 0.1) is 0 Å². The number of halogens is 2. The number of ether oxygens (including phenoxy) is 1. The topological polar surface area (TPSA) is 9.23 Å². The van der Waals surface area contributed by atoms with Crippen LogP contribution in [0.3, 0.4) is 0 Å². The Kier molecular flexibility index (Phi) is 3.40. The van der Waals surface area contributed by atoms with E-state index in [-0.39, 0.29) is 10.8 Å². The predicted octanol–water partition coefficient (Wildman–Crippen LogP) is 5.51. The minimum absolute atomic E-state index is 0.0674. The highest BCUT2D eigenvalue weighted by atomic mass is 79.9. The van der Waals surface area contributed by atoms with Gasteiger partial charge in [-0.15, -0.1) is 22.9 Å². The largest absolute Gasteiger partial charge is 0.492 e. The highest BCUT2D eigenvalue weighted by molar-refractivity contribution is 9.11. The molecule has 2 aromatic rings. The summed E-state index contributed by atoms with van der Waals surface area (Å²) < 4.78 is 6.82. The summed E-state index contributed by atoms with van der Waals surface area (Å²) in [4.78, 5) is 1.16. The molecule has 0 spiro atoms. The number of thiophene rings is 1. The maximum Gasteiger partial charge on any atom is 0.123 e. The summed E-state index contributed by atoms with van der Waals surface area (Å²) in [5, 5.41) is -0.0991. The molecule has 1 aromatic carbocycles. The Morgan fingerprint density at radius 2 is 2.11 bits per heavy atom. The maximum atomic E-state index is 6.59. The van der Waals surface area contributed by atoms with Gasteiger partial charge in [0.05, 0.1) is 15.8 Å². The van der Waals surface area contributed by atoms with Crippen LogP contribution in [0.1, 0.15) is 35.2 Å². The second kappa shape index (κ2) is 4.80. The van der Waals surface area contributed by atoms with Gasteiger partial charge in [-0.25, -0.2) is 0 Å². The van der Waals surface area contributed by atoms with E-state index in [2.05, 4.69) is 48.0 Å². The Labute approximate surface area is 130 Å². The average molecular weight is 358 g/mol. The molecule has 1 unspecified atom stereocenters. The molecule has 0 fully saturated rings. The molecule has 2 heterocycles. The molecular formula is C15H14BrClOS. The Balaban J connectivity index is 1.99. The molecule has 1 atom stereocenters. The van der Waals surface area contributed by atoms with Crippen molar-refractivity contribution in [2.75, 3.05) is 6.61 Å². The average Bonchev–Trinajstić information content (AvgIpc) is 2.93. The minimum atomic E-state index is -0.0991. The SMILES string of the molecule is CC1(C)COc2ccc(C(Cl)c3ccc(Br)s3)cc21. The first-order valence-electron chi connectivity index (χ1n) is 6.14. The van der Waals surface area contributed by atoms with Crippen molar-refractivity contribution >= 4 is 38.9 Å². The summed E-state index contributed by atoms with van der Waals surface area (Å²) in [6.45, 7) is 5.14. The van der Waals surface area contributed by atoms with Gasteiger partial charge >= 0.3 is 0 Å². The van der Waals surface area contributed by atoms with E-state index in [1.54, 1.807) is 11.3 Å². The number of benzene rings is 1. The van der Waals surface area contributed by atoms with Crippen LogP contribution in [0.15, 0.2) is 34.1 Å². The fourth-order valence-corrected chi connectivity index (χ4v) is 4.10. The molecule has 0 saturated heterocycles. The quantitative estimate of drug-likeness (QED) is 0.644. The molecular weight excluding hydrogens is 344 g/mol. The molecule has 1 aromatic heterocycles. The van der Waals surface area contributed by atoms with E-state index in [4.69, 9.17) is 16.3 Å². The Hall–Kier alpha value is -0.510. The molecule has 19 heavy (non-hydrogen) atoms. The molecule has 0 N–H and O–H groups in total. The number of fused-ring (bicyclic) bond motifs is 1. The Morgan fingerprint density at radius 1 is 1.32 bits per heavy atom. The molecule has 4 heteroatoms. The van der Waals surface area contributed by atoms with E-state index < -0.39 is 0 Å². The van der Waals surface area contributed by atoms with Crippen LogP contribution in [0.25, 0.3) is 0 Å². The third-order valence-corrected chi connectivity index (χ3v) is 5.76. The summed E-state index contributed by atoms with van der Waals surface area (Å²) in [7, 11) is 0. The van der Waals surface area contributed by atoms with Crippen molar-refractivity contribution in [1.82, 2.24) is 0 Å². The van der Waals surface area contributed by atoms with Crippen molar-refractivity contribution in [1.29, 1.82) is 0 Å². The lowest BCUT2D eigenvalue weighted by atomic mass is 9.86. The van der Waals surface area contributed by atoms with Crippen molar-refractivity contribution in [2.45, 2.75) is 24.6 Å². The fourth-order valence-electron chi connectivity index (χ4n) is 2.32. The molecule has 0 saturated carbocycles. The van der Waals surface area contributed by atoms with E-state index >= 15 is 0 Å². The monoisotopic (exact) mass is 356 g/mol. The van der Waals surface area contributed by atoms with Crippen molar-refractivity contribution in [3.05, 3.63) is 50.1 Å². The molecule has 1 aliphatic heterocycles. The molecule has 0 amide bonds. The summed E-state index contributed by atoms with van der Waals surface area (Å²) in [5.74, 6) is 0.991. The van der Waals surface area contributed by atoms with Crippen molar-refractivity contribution in [3.8, 4) is 5.75 Å². The van der Waals surface area contributed by atoms with Crippen molar-refractivity contribution in [3.63, 3.8) is 0 Å². The van der Waals surface area contributed by atoms with Gasteiger partial charge in [0, 0.05) is 15.9 Å². The van der Waals surface area contributed by atoms with Crippen LogP contribution < -0.4 is 4.74 Å². The molecule has 3 rings (SSSR count). The Bertz CT molecular complexity index is 620. The van der Waals surface area contributed by atoms with E-state index in [0.717, 1.165) is 26.6 Å². The van der Waals surface area contributed by atoms with Crippen LogP contribution in [-0.4, -0.2) is 6.61 Å². The van der Waals surface area contributed by atoms with Gasteiger partial charge in [0.25, 0.3) is 0 Å². The number of hydrogen-bond donors (Lipinski definition) is 0. The molecule has 1 aliphatic rings. The van der Waals surface area contributed by atoms with Gasteiger partial charge in [-0.2, -0.15) is 0 Å². The van der Waals surface area contributed by atoms with Gasteiger partial charge in [-0.1, -0.05) is 19.9 Å². The lowest BCUT2D eigenvalue weighted by Gasteiger charge is -2.17. The highest BCUT2D eigenvalue weighted by Crippen LogP contribution is 2.42. The van der Waals surface area contributed by atoms with Crippen LogP contribution in [0.2, 0.25) is 0 Å². The first kappa shape index (κ1) is 13.5. The Morgan fingerprint density at radius 3 is 2.79 bits per heavy atom. The van der Waals surface area contributed by atoms with Gasteiger partial charge < -0.3 is 4.74 Å². The number of alkyl halides is 1. The van der Waals surface area contributed by atoms with Gasteiger partial charge in [-0.05, 0) is 45.8 Å². The van der Waals surface area contributed by atoms with Gasteiger partial charge in [0.1, 0.15) is 5.75 Å². The molecule has 0 aliphatic carbocycles. The molecule has 100 valence electrons. The van der Waals surface area contributed by atoms with E-state index in [9.17, 15) is 0 Å². The lowest BCUT2D eigenvalue weighted by molar-refractivity contribution is 0.291. The van der Waals surface area contributed by atoms with E-state index in [1.165, 1.54) is 5.56 Å². The van der Waals surface area contributed by atoms with Gasteiger partial charge in [-0.3, -0.25) is 0 Å². The highest BCUT2D eigenvalue weighted by Gasteiger charge is 2.32. The second-order valence-electron chi connectivity index (χ2n) is 5.43. The normalized spacial score (nSPS) is 17.9. The summed E-state index contributed by atoms with van der Waals surface area (Å²) in [5.41, 5.74) is 2.46. The second-order valence-corrected chi connectivity index (χ2v) is 8.36. The molecule has 1 nitrogen and oxygen atoms in total. The smallest absolute Gasteiger partial charge is 0.123 e. The zero-order valence-electron chi connectivity index (χ0n) is 10.7. The van der Waals surface area contributed by atoms with Crippen LogP contribution in [-0.2, 0) is 5.41 Å². The molecule has 0 radical (unpaired) electrons. The van der Waals surface area contributed by atoms with Crippen molar-refractivity contribution < 1.29 is 4.74 Å². The molecule has 0 bridgehead atoms. The van der Waals surface area contributed by atoms with Crippen molar-refractivity contribution in [2.24, 2.45) is 0 Å². The first-order valence-corrected chi connectivity index (χ1v) is 8.18. The fraction of sp³-hybridized carbons (Fsp3) is 0.333. The predicted molar refractivity (Wildman–Crippen MR) is 84.7 cm³/mol. The van der Waals surface area contributed by atoms with E-state index in [0.29, 0.717) is 0 Å². The lowest BCUT2D eigenvalue weighted by Crippen LogP contribution is -2.18. The maximum absolute atomic E-state index is 6.59. The third kappa shape index (κ3) is 2.44. The zero-order chi connectivity index (χ0) is 13.6. The van der Waals surface area contributed by atoms with Crippen LogP contribution in [0.4, 0.5) is 0 Å². The number of hydrogen-bond acceptors (Lipinski definition) is 2. The van der Waals surface area contributed by atoms with Crippen LogP contribution in [0.5, 0.6) is 5.75 Å². The van der Waals surface area contributed by atoms with Gasteiger partial charge in [0.2, 0.25) is 0 Å². The summed E-state index contributed by atoms with van der Waals surface area (Å²) in [6.07, 6.45) is 0. The van der Waals surface area contributed by atoms with Crippen LogP contribution >= 0.6 is 38.9 Å². The summed E-state index contributed by atoms with van der Waals surface area (Å²) in [6, 6.07) is 10.4. The van der Waals surface area contributed by atoms with E-state index in [1.807, 2.05) is 12.1 Å². The third-order valence-electron chi connectivity index (χ3n) is 3.46.